The number of aromatic nitrogens is 1. The van der Waals surface area contributed by atoms with Gasteiger partial charge in [0.2, 0.25) is 5.91 Å². The summed E-state index contributed by atoms with van der Waals surface area (Å²) in [5.41, 5.74) is 0.946. The number of anilines is 1. The van der Waals surface area contributed by atoms with Crippen LogP contribution in [0.1, 0.15) is 6.92 Å². The number of rotatable bonds is 6. The van der Waals surface area contributed by atoms with E-state index in [0.29, 0.717) is 19.6 Å². The Morgan fingerprint density at radius 3 is 2.62 bits per heavy atom. The van der Waals surface area contributed by atoms with Crippen molar-refractivity contribution in [3.8, 4) is 0 Å². The number of amides is 1. The van der Waals surface area contributed by atoms with Crippen molar-refractivity contribution in [2.75, 3.05) is 57.3 Å². The predicted molar refractivity (Wildman–Crippen MR) is 97.6 cm³/mol. The average molecular weight is 348 g/mol. The highest BCUT2D eigenvalue weighted by Gasteiger charge is 2.23. The van der Waals surface area contributed by atoms with Gasteiger partial charge in [0.25, 0.3) is 0 Å². The molecule has 0 aliphatic carbocycles. The van der Waals surface area contributed by atoms with Crippen LogP contribution in [0.2, 0.25) is 0 Å². The van der Waals surface area contributed by atoms with Crippen molar-refractivity contribution in [1.29, 1.82) is 0 Å². The molecule has 0 saturated carbocycles. The van der Waals surface area contributed by atoms with Crippen molar-refractivity contribution in [1.82, 2.24) is 14.8 Å². The molecule has 1 N–H and O–H groups in total. The van der Waals surface area contributed by atoms with Crippen molar-refractivity contribution in [3.05, 3.63) is 24.3 Å². The molecule has 1 aliphatic heterocycles. The monoisotopic (exact) mass is 348 g/mol. The maximum Gasteiger partial charge on any atom is 0.242 e. The fourth-order valence-electron chi connectivity index (χ4n) is 2.98. The van der Waals surface area contributed by atoms with Crippen molar-refractivity contribution < 1.29 is 9.90 Å². The topological polar surface area (TPSA) is 59.9 Å². The van der Waals surface area contributed by atoms with Crippen LogP contribution < -0.4 is 4.90 Å². The van der Waals surface area contributed by atoms with Crippen LogP contribution in [0, 0.1) is 0 Å². The lowest BCUT2D eigenvalue weighted by Crippen LogP contribution is -2.50. The van der Waals surface area contributed by atoms with Gasteiger partial charge in [0.05, 0.1) is 23.4 Å². The van der Waals surface area contributed by atoms with E-state index < -0.39 is 0 Å². The van der Waals surface area contributed by atoms with Crippen LogP contribution in [-0.2, 0) is 4.79 Å². The lowest BCUT2D eigenvalue weighted by molar-refractivity contribution is -0.120. The summed E-state index contributed by atoms with van der Waals surface area (Å²) in [6, 6.07) is 7.98. The normalized spacial score (nSPS) is 16.6. The van der Waals surface area contributed by atoms with E-state index in [-0.39, 0.29) is 12.5 Å². The van der Waals surface area contributed by atoms with Gasteiger partial charge in [-0.25, -0.2) is 4.98 Å². The van der Waals surface area contributed by atoms with E-state index >= 15 is 0 Å². The maximum absolute atomic E-state index is 12.7. The largest absolute Gasteiger partial charge is 0.395 e. The Kier molecular flexibility index (Phi) is 5.78. The zero-order valence-corrected chi connectivity index (χ0v) is 14.8. The number of nitrogens with zero attached hydrogens (tertiary/aromatic N) is 4. The van der Waals surface area contributed by atoms with Gasteiger partial charge in [-0.05, 0) is 19.1 Å². The molecule has 1 amide bonds. The van der Waals surface area contributed by atoms with E-state index in [9.17, 15) is 4.79 Å². The zero-order valence-electron chi connectivity index (χ0n) is 14.0. The van der Waals surface area contributed by atoms with E-state index in [4.69, 9.17) is 5.11 Å². The Labute approximate surface area is 146 Å². The van der Waals surface area contributed by atoms with Crippen LogP contribution in [0.15, 0.2) is 24.3 Å². The van der Waals surface area contributed by atoms with E-state index in [1.807, 2.05) is 31.2 Å². The third-order valence-corrected chi connectivity index (χ3v) is 5.43. The Morgan fingerprint density at radius 2 is 1.96 bits per heavy atom. The van der Waals surface area contributed by atoms with Crippen molar-refractivity contribution in [2.24, 2.45) is 0 Å². The summed E-state index contributed by atoms with van der Waals surface area (Å²) in [6.45, 7) is 7.49. The number of benzene rings is 1. The summed E-state index contributed by atoms with van der Waals surface area (Å²) < 4.78 is 1.11. The number of hydrogen-bond donors (Lipinski definition) is 1. The molecule has 2 aromatic rings. The van der Waals surface area contributed by atoms with Crippen LogP contribution in [0.25, 0.3) is 10.2 Å². The second-order valence-corrected chi connectivity index (χ2v) is 6.95. The van der Waals surface area contributed by atoms with Gasteiger partial charge in [-0.15, -0.1) is 0 Å². The average Bonchev–Trinajstić information content (AvgIpc) is 3.01. The van der Waals surface area contributed by atoms with E-state index in [2.05, 4.69) is 14.8 Å². The molecule has 2 heterocycles. The summed E-state index contributed by atoms with van der Waals surface area (Å²) >= 11 is 1.57. The second kappa shape index (κ2) is 8.02. The molecule has 7 heteroatoms. The van der Waals surface area contributed by atoms with Gasteiger partial charge in [-0.1, -0.05) is 23.5 Å². The summed E-state index contributed by atoms with van der Waals surface area (Å²) in [7, 11) is 0. The Hall–Kier alpha value is -1.54. The fourth-order valence-corrected chi connectivity index (χ4v) is 4.03. The number of fused-ring (bicyclic) bond motifs is 1. The number of para-hydroxylation sites is 1. The summed E-state index contributed by atoms with van der Waals surface area (Å²) in [6.07, 6.45) is 0. The van der Waals surface area contributed by atoms with Gasteiger partial charge in [0.15, 0.2) is 5.13 Å². The number of likely N-dealkylation sites (N-methyl/N-ethyl adjacent to an activating group) is 1. The highest BCUT2D eigenvalue weighted by molar-refractivity contribution is 7.22. The molecular formula is C17H24N4O2S. The molecular weight excluding hydrogens is 324 g/mol. The molecule has 1 fully saturated rings. The van der Waals surface area contributed by atoms with Crippen LogP contribution in [0.4, 0.5) is 5.13 Å². The van der Waals surface area contributed by atoms with Gasteiger partial charge in [-0.3, -0.25) is 19.5 Å². The van der Waals surface area contributed by atoms with Crippen LogP contribution in [0.3, 0.4) is 0 Å². The lowest BCUT2D eigenvalue weighted by Gasteiger charge is -2.34. The van der Waals surface area contributed by atoms with Crippen molar-refractivity contribution in [3.63, 3.8) is 0 Å². The summed E-state index contributed by atoms with van der Waals surface area (Å²) in [5.74, 6) is 0.104. The Balaban J connectivity index is 1.62. The van der Waals surface area contributed by atoms with Gasteiger partial charge < -0.3 is 5.11 Å². The Morgan fingerprint density at radius 1 is 1.25 bits per heavy atom. The first-order valence-electron chi connectivity index (χ1n) is 8.42. The molecule has 1 aliphatic rings. The van der Waals surface area contributed by atoms with E-state index in [0.717, 1.165) is 41.5 Å². The molecule has 1 aromatic carbocycles. The first kappa shape index (κ1) is 17.3. The van der Waals surface area contributed by atoms with E-state index in [1.54, 1.807) is 16.2 Å². The lowest BCUT2D eigenvalue weighted by atomic mass is 10.3. The molecule has 6 nitrogen and oxygen atoms in total. The second-order valence-electron chi connectivity index (χ2n) is 5.94. The number of aliphatic hydroxyl groups is 1. The first-order chi connectivity index (χ1) is 11.7. The molecule has 1 aromatic heterocycles. The number of carbonyl (C=O) groups excluding carboxylic acids is 1. The van der Waals surface area contributed by atoms with E-state index in [1.165, 1.54) is 0 Å². The fraction of sp³-hybridized carbons (Fsp3) is 0.529. The predicted octanol–water partition coefficient (Wildman–Crippen LogP) is 1.26. The highest BCUT2D eigenvalue weighted by Crippen LogP contribution is 2.28. The minimum atomic E-state index is 0.104. The minimum Gasteiger partial charge on any atom is -0.395 e. The molecule has 0 atom stereocenters. The van der Waals surface area contributed by atoms with Crippen molar-refractivity contribution >= 4 is 32.6 Å². The molecule has 1 saturated heterocycles. The third kappa shape index (κ3) is 3.92. The summed E-state index contributed by atoms with van der Waals surface area (Å²) in [5, 5.41) is 9.78. The van der Waals surface area contributed by atoms with Gasteiger partial charge in [-0.2, -0.15) is 0 Å². The number of hydrogen-bond acceptors (Lipinski definition) is 6. The molecule has 24 heavy (non-hydrogen) atoms. The number of carbonyl (C=O) groups is 1. The Bertz CT molecular complexity index is 649. The van der Waals surface area contributed by atoms with Crippen LogP contribution in [0.5, 0.6) is 0 Å². The molecule has 130 valence electrons. The van der Waals surface area contributed by atoms with Gasteiger partial charge in [0.1, 0.15) is 0 Å². The van der Waals surface area contributed by atoms with Crippen LogP contribution in [-0.4, -0.2) is 78.2 Å². The van der Waals surface area contributed by atoms with Gasteiger partial charge in [0, 0.05) is 39.3 Å². The minimum absolute atomic E-state index is 0.104. The van der Waals surface area contributed by atoms with Crippen LogP contribution >= 0.6 is 11.3 Å². The number of piperazine rings is 1. The molecule has 0 bridgehead atoms. The van der Waals surface area contributed by atoms with Gasteiger partial charge >= 0.3 is 0 Å². The zero-order chi connectivity index (χ0) is 16.9. The molecule has 0 radical (unpaired) electrons. The maximum atomic E-state index is 12.7. The SMILES string of the molecule is CCN(C(=O)CN1CCN(CCO)CC1)c1nc2ccccc2s1. The smallest absolute Gasteiger partial charge is 0.242 e. The molecule has 0 spiro atoms. The van der Waals surface area contributed by atoms with Crippen molar-refractivity contribution in [2.45, 2.75) is 6.92 Å². The third-order valence-electron chi connectivity index (χ3n) is 4.37. The number of thiazole rings is 1. The number of β-amino-alcohol motifs (C(OH)–C–C–N with tert-alkyl or cyclic N) is 1. The molecule has 0 unspecified atom stereocenters. The number of aliphatic hydroxyl groups excluding tert-OH is 1. The summed E-state index contributed by atoms with van der Waals surface area (Å²) in [4.78, 5) is 23.5. The first-order valence-corrected chi connectivity index (χ1v) is 9.24. The standard InChI is InChI=1S/C17H24N4O2S/c1-2-21(17-18-14-5-3-4-6-15(14)24-17)16(23)13-20-9-7-19(8-10-20)11-12-22/h3-6,22H,2,7-13H2,1H3. The quantitative estimate of drug-likeness (QED) is 0.852. The molecule has 3 rings (SSSR count). The highest BCUT2D eigenvalue weighted by atomic mass is 32.1.